The standard InChI is InChI=1S/C34H70N8O5Si/c1-30(2)47-48(7)23-11-9-8-10-14-37-33(45)28-41-17-12-15-39(26-31(43)24-35-3)19-20-40(27-32(44)25-36-4)16-13-18-42(22-21-41)29-34(46)38(5)6/h30,35-36,48H,8-29H2,1-7H3,(H,37,45). The molecule has 1 saturated heterocycles. The molecule has 3 N–H and O–H groups in total. The molecule has 0 aromatic heterocycles. The molecule has 0 aromatic carbocycles. The maximum atomic E-state index is 13.0. The first-order valence-corrected chi connectivity index (χ1v) is 20.7. The molecule has 1 fully saturated rings. The van der Waals surface area contributed by atoms with Crippen LogP contribution < -0.4 is 16.0 Å². The van der Waals surface area contributed by atoms with Crippen LogP contribution in [-0.2, 0) is 23.6 Å². The van der Waals surface area contributed by atoms with Crippen LogP contribution >= 0.6 is 0 Å². The average molecular weight is 699 g/mol. The lowest BCUT2D eigenvalue weighted by atomic mass is 10.2. The van der Waals surface area contributed by atoms with Gasteiger partial charge in [-0.25, -0.2) is 0 Å². The zero-order chi connectivity index (χ0) is 35.7. The summed E-state index contributed by atoms with van der Waals surface area (Å²) >= 11 is 0. The highest BCUT2D eigenvalue weighted by Gasteiger charge is 2.20. The summed E-state index contributed by atoms with van der Waals surface area (Å²) in [6.07, 6.45) is 6.36. The molecule has 2 amide bonds. The lowest BCUT2D eigenvalue weighted by Gasteiger charge is -2.31. The predicted octanol–water partition coefficient (Wildman–Crippen LogP) is 0.109. The topological polar surface area (TPSA) is 130 Å². The molecule has 0 aliphatic carbocycles. The second-order valence-electron chi connectivity index (χ2n) is 13.8. The Morgan fingerprint density at radius 3 is 1.60 bits per heavy atom. The first-order valence-electron chi connectivity index (χ1n) is 18.3. The van der Waals surface area contributed by atoms with Crippen molar-refractivity contribution in [2.75, 3.05) is 126 Å². The number of nitrogens with one attached hydrogen (secondary N) is 3. The third kappa shape index (κ3) is 22.8. The molecule has 0 aromatic rings. The van der Waals surface area contributed by atoms with Gasteiger partial charge in [-0.05, 0) is 86.0 Å². The van der Waals surface area contributed by atoms with Gasteiger partial charge in [0.25, 0.3) is 0 Å². The van der Waals surface area contributed by atoms with Crippen LogP contribution in [0.3, 0.4) is 0 Å². The molecule has 1 rings (SSSR count). The first kappa shape index (κ1) is 44.2. The van der Waals surface area contributed by atoms with Gasteiger partial charge in [-0.15, -0.1) is 0 Å². The van der Waals surface area contributed by atoms with E-state index >= 15 is 0 Å². The minimum absolute atomic E-state index is 0.0290. The van der Waals surface area contributed by atoms with Crippen molar-refractivity contribution >= 4 is 32.4 Å². The quantitative estimate of drug-likeness (QED) is 0.112. The van der Waals surface area contributed by atoms with Crippen molar-refractivity contribution in [2.45, 2.75) is 71.1 Å². The van der Waals surface area contributed by atoms with Crippen molar-refractivity contribution in [1.82, 2.24) is 40.4 Å². The zero-order valence-electron chi connectivity index (χ0n) is 31.5. The lowest BCUT2D eigenvalue weighted by Crippen LogP contribution is -2.47. The summed E-state index contributed by atoms with van der Waals surface area (Å²) in [7, 11) is 6.04. The lowest BCUT2D eigenvalue weighted by molar-refractivity contribution is -0.130. The summed E-state index contributed by atoms with van der Waals surface area (Å²) in [5.41, 5.74) is 0. The van der Waals surface area contributed by atoms with Crippen LogP contribution in [0.25, 0.3) is 0 Å². The summed E-state index contributed by atoms with van der Waals surface area (Å²) in [6, 6.07) is 1.20. The molecule has 1 aliphatic rings. The third-order valence-corrected chi connectivity index (χ3v) is 10.7. The molecule has 1 heterocycles. The van der Waals surface area contributed by atoms with E-state index in [4.69, 9.17) is 4.43 Å². The van der Waals surface area contributed by atoms with Gasteiger partial charge in [0, 0.05) is 52.9 Å². The largest absolute Gasteiger partial charge is 0.418 e. The second kappa shape index (κ2) is 27.0. The van der Waals surface area contributed by atoms with E-state index in [0.29, 0.717) is 91.2 Å². The number of carbonyl (C=O) groups excluding carboxylic acids is 4. The van der Waals surface area contributed by atoms with E-state index in [1.54, 1.807) is 33.1 Å². The van der Waals surface area contributed by atoms with Crippen LogP contribution in [-0.4, -0.2) is 189 Å². The maximum absolute atomic E-state index is 13.0. The van der Waals surface area contributed by atoms with E-state index in [-0.39, 0.29) is 23.4 Å². The predicted molar refractivity (Wildman–Crippen MR) is 197 cm³/mol. The van der Waals surface area contributed by atoms with Gasteiger partial charge in [-0.2, -0.15) is 0 Å². The van der Waals surface area contributed by atoms with Crippen LogP contribution in [0.15, 0.2) is 0 Å². The summed E-state index contributed by atoms with van der Waals surface area (Å²) in [4.78, 5) is 61.2. The molecule has 48 heavy (non-hydrogen) atoms. The Morgan fingerprint density at radius 2 is 1.15 bits per heavy atom. The van der Waals surface area contributed by atoms with Crippen molar-refractivity contribution in [3.05, 3.63) is 0 Å². The molecule has 1 atom stereocenters. The summed E-state index contributed by atoms with van der Waals surface area (Å²) in [6.45, 7) is 14.7. The van der Waals surface area contributed by atoms with E-state index < -0.39 is 9.04 Å². The molecule has 14 heteroatoms. The van der Waals surface area contributed by atoms with Gasteiger partial charge < -0.3 is 25.3 Å². The molecule has 0 saturated carbocycles. The number of hydrogen-bond acceptors (Lipinski definition) is 11. The number of Topliss-reactive ketones (excluding diaryl/α,β-unsaturated/α-hetero) is 2. The van der Waals surface area contributed by atoms with Crippen molar-refractivity contribution in [3.63, 3.8) is 0 Å². The van der Waals surface area contributed by atoms with Gasteiger partial charge in [0.15, 0.2) is 20.6 Å². The number of nitrogens with zero attached hydrogens (tertiary/aromatic N) is 5. The van der Waals surface area contributed by atoms with E-state index in [2.05, 4.69) is 55.9 Å². The maximum Gasteiger partial charge on any atom is 0.236 e. The van der Waals surface area contributed by atoms with Crippen molar-refractivity contribution in [1.29, 1.82) is 0 Å². The van der Waals surface area contributed by atoms with E-state index in [1.807, 2.05) is 0 Å². The Bertz CT molecular complexity index is 913. The Kier molecular flexibility index (Phi) is 24.9. The molecule has 1 unspecified atom stereocenters. The van der Waals surface area contributed by atoms with Gasteiger partial charge in [0.05, 0.1) is 39.3 Å². The van der Waals surface area contributed by atoms with E-state index in [0.717, 1.165) is 38.8 Å². The molecule has 0 bridgehead atoms. The number of unbranched alkanes of at least 4 members (excludes halogenated alkanes) is 3. The number of hydrogen-bond donors (Lipinski definition) is 3. The smallest absolute Gasteiger partial charge is 0.236 e. The number of ketones is 2. The van der Waals surface area contributed by atoms with Crippen LogP contribution in [0.1, 0.15) is 52.4 Å². The van der Waals surface area contributed by atoms with Gasteiger partial charge in [0.2, 0.25) is 11.8 Å². The highest BCUT2D eigenvalue weighted by molar-refractivity contribution is 6.50. The number of carbonyl (C=O) groups is 4. The van der Waals surface area contributed by atoms with Gasteiger partial charge in [-0.3, -0.25) is 38.8 Å². The minimum atomic E-state index is -1.06. The molecule has 280 valence electrons. The molecule has 0 radical (unpaired) electrons. The average Bonchev–Trinajstić information content (AvgIpc) is 3.00. The summed E-state index contributed by atoms with van der Waals surface area (Å²) in [5, 5.41) is 9.04. The van der Waals surface area contributed by atoms with Crippen molar-refractivity contribution < 1.29 is 23.6 Å². The highest BCUT2D eigenvalue weighted by Crippen LogP contribution is 2.09. The molecule has 0 spiro atoms. The normalized spacial score (nSPS) is 17.6. The molecular weight excluding hydrogens is 629 g/mol. The monoisotopic (exact) mass is 699 g/mol. The number of likely N-dealkylation sites (N-methyl/N-ethyl adjacent to an activating group) is 3. The van der Waals surface area contributed by atoms with Crippen molar-refractivity contribution in [2.24, 2.45) is 0 Å². The van der Waals surface area contributed by atoms with Gasteiger partial charge >= 0.3 is 0 Å². The Morgan fingerprint density at radius 1 is 0.688 bits per heavy atom. The van der Waals surface area contributed by atoms with Gasteiger partial charge in [-0.1, -0.05) is 19.3 Å². The SMILES string of the molecule is CNCC(=O)CN1CCCN(CC(=O)NCCCCCC[SiH](C)OC(C)C)CCN(CC(=O)N(C)C)CCCN(CC(=O)CNC)CC1. The van der Waals surface area contributed by atoms with E-state index in [1.165, 1.54) is 18.9 Å². The second-order valence-corrected chi connectivity index (χ2v) is 16.3. The van der Waals surface area contributed by atoms with Crippen LogP contribution in [0.4, 0.5) is 0 Å². The fraction of sp³-hybridized carbons (Fsp3) is 0.882. The number of rotatable bonds is 21. The number of amides is 2. The summed E-state index contributed by atoms with van der Waals surface area (Å²) in [5.74, 6) is 0.344. The first-order chi connectivity index (χ1) is 22.9. The van der Waals surface area contributed by atoms with Crippen LogP contribution in [0.2, 0.25) is 12.6 Å². The van der Waals surface area contributed by atoms with Crippen molar-refractivity contribution in [3.8, 4) is 0 Å². The minimum Gasteiger partial charge on any atom is -0.418 e. The fourth-order valence-electron chi connectivity index (χ4n) is 5.95. The summed E-state index contributed by atoms with van der Waals surface area (Å²) < 4.78 is 5.95. The van der Waals surface area contributed by atoms with Crippen LogP contribution in [0.5, 0.6) is 0 Å². The Hall–Kier alpha value is -1.78. The fourth-order valence-corrected chi connectivity index (χ4v) is 7.88. The molecule has 13 nitrogen and oxygen atoms in total. The highest BCUT2D eigenvalue weighted by atomic mass is 28.3. The van der Waals surface area contributed by atoms with Crippen LogP contribution in [0, 0.1) is 0 Å². The third-order valence-electron chi connectivity index (χ3n) is 8.50. The Labute approximate surface area is 293 Å². The Balaban J connectivity index is 2.85. The van der Waals surface area contributed by atoms with E-state index in [9.17, 15) is 19.2 Å². The van der Waals surface area contributed by atoms with Gasteiger partial charge in [0.1, 0.15) is 0 Å². The zero-order valence-corrected chi connectivity index (χ0v) is 32.6. The molecular formula is C34H70N8O5Si. The molecule has 1 aliphatic heterocycles.